The van der Waals surface area contributed by atoms with Crippen LogP contribution in [0.4, 0.5) is 5.69 Å². The number of nitrogens with zero attached hydrogens (tertiary/aromatic N) is 1. The van der Waals surface area contributed by atoms with E-state index in [1.54, 1.807) is 27.6 Å². The Labute approximate surface area is 232 Å². The van der Waals surface area contributed by atoms with Crippen LogP contribution in [0.2, 0.25) is 0 Å². The highest BCUT2D eigenvalue weighted by Gasteiger charge is 2.40. The smallest absolute Gasteiger partial charge is 0.0629 e. The Balaban J connectivity index is 1.26. The van der Waals surface area contributed by atoms with Gasteiger partial charge in [-0.15, -0.1) is 0 Å². The van der Waals surface area contributed by atoms with Gasteiger partial charge in [-0.05, 0) is 102 Å². The molecule has 4 unspecified atom stereocenters. The molecule has 0 saturated carbocycles. The summed E-state index contributed by atoms with van der Waals surface area (Å²) < 4.78 is 0. The predicted molar refractivity (Wildman–Crippen MR) is 165 cm³/mol. The second-order valence-electron chi connectivity index (χ2n) is 12.1. The number of fused-ring (bicyclic) bond motifs is 7. The molecule has 1 nitrogen and oxygen atoms in total. The molecule has 8 rings (SSSR count). The topological polar surface area (TPSA) is 3.24 Å². The number of allylic oxidation sites excluding steroid dienone is 7. The van der Waals surface area contributed by atoms with Crippen LogP contribution in [0.5, 0.6) is 0 Å². The van der Waals surface area contributed by atoms with Crippen LogP contribution in [-0.2, 0) is 12.8 Å². The molecule has 0 spiro atoms. The van der Waals surface area contributed by atoms with Crippen molar-refractivity contribution in [3.8, 4) is 0 Å². The third-order valence-electron chi connectivity index (χ3n) is 9.93. The minimum Gasteiger partial charge on any atom is -0.334 e. The molecule has 0 amide bonds. The molecule has 3 aromatic rings. The fourth-order valence-electron chi connectivity index (χ4n) is 8.13. The number of hydrogen-bond acceptors (Lipinski definition) is 1. The van der Waals surface area contributed by atoms with Crippen molar-refractivity contribution in [2.75, 3.05) is 4.90 Å². The van der Waals surface area contributed by atoms with Gasteiger partial charge in [0.1, 0.15) is 0 Å². The summed E-state index contributed by atoms with van der Waals surface area (Å²) in [6.45, 7) is 0. The molecule has 1 aliphatic heterocycles. The molecule has 0 saturated heterocycles. The minimum absolute atomic E-state index is 0.375. The van der Waals surface area contributed by atoms with E-state index in [1.165, 1.54) is 60.9 Å². The first kappa shape index (κ1) is 23.3. The second kappa shape index (κ2) is 9.56. The highest BCUT2D eigenvalue weighted by molar-refractivity contribution is 5.98. The molecular weight excluding hydrogens is 470 g/mol. The molecule has 0 fully saturated rings. The summed E-state index contributed by atoms with van der Waals surface area (Å²) in [6.07, 6.45) is 31.5. The van der Waals surface area contributed by atoms with Crippen LogP contribution < -0.4 is 4.90 Å². The zero-order valence-electron chi connectivity index (χ0n) is 22.7. The van der Waals surface area contributed by atoms with Gasteiger partial charge in [0.15, 0.2) is 0 Å². The van der Waals surface area contributed by atoms with Gasteiger partial charge in [-0.3, -0.25) is 0 Å². The molecule has 0 aromatic heterocycles. The second-order valence-corrected chi connectivity index (χ2v) is 12.1. The summed E-state index contributed by atoms with van der Waals surface area (Å²) in [5, 5.41) is 3.03. The number of anilines is 1. The third kappa shape index (κ3) is 3.81. The summed E-state index contributed by atoms with van der Waals surface area (Å²) in [5.74, 6) is 1.51. The molecule has 4 aliphatic carbocycles. The van der Waals surface area contributed by atoms with Crippen molar-refractivity contribution in [3.63, 3.8) is 0 Å². The van der Waals surface area contributed by atoms with Gasteiger partial charge in [0, 0.05) is 29.1 Å². The monoisotopic (exact) mass is 507 g/mol. The lowest BCUT2D eigenvalue weighted by atomic mass is 9.74. The van der Waals surface area contributed by atoms with Gasteiger partial charge < -0.3 is 4.90 Å². The van der Waals surface area contributed by atoms with Crippen LogP contribution in [0, 0.1) is 0 Å². The molecule has 4 atom stereocenters. The van der Waals surface area contributed by atoms with Crippen LogP contribution in [-0.4, -0.2) is 6.04 Å². The van der Waals surface area contributed by atoms with E-state index < -0.39 is 0 Å². The summed E-state index contributed by atoms with van der Waals surface area (Å²) >= 11 is 0. The highest BCUT2D eigenvalue weighted by Crippen LogP contribution is 2.52. The van der Waals surface area contributed by atoms with Crippen molar-refractivity contribution in [3.05, 3.63) is 137 Å². The summed E-state index contributed by atoms with van der Waals surface area (Å²) in [6, 6.07) is 18.9. The quantitative estimate of drug-likeness (QED) is 0.319. The van der Waals surface area contributed by atoms with Crippen LogP contribution in [0.25, 0.3) is 10.8 Å². The summed E-state index contributed by atoms with van der Waals surface area (Å²) in [4.78, 5) is 2.63. The fraction of sp³-hybridized carbons (Fsp3) is 0.316. The zero-order chi connectivity index (χ0) is 25.8. The van der Waals surface area contributed by atoms with Gasteiger partial charge in [0.2, 0.25) is 0 Å². The van der Waals surface area contributed by atoms with Gasteiger partial charge in [-0.2, -0.15) is 0 Å². The lowest BCUT2D eigenvalue weighted by Crippen LogP contribution is -2.31. The number of hydrogen-bond donors (Lipinski definition) is 0. The summed E-state index contributed by atoms with van der Waals surface area (Å²) in [5.41, 5.74) is 10.8. The molecule has 194 valence electrons. The van der Waals surface area contributed by atoms with E-state index in [0.29, 0.717) is 23.8 Å². The van der Waals surface area contributed by atoms with Gasteiger partial charge in [-0.25, -0.2) is 0 Å². The lowest BCUT2D eigenvalue weighted by molar-refractivity contribution is 0.591. The standard InChI is InChI=1S/C38H37N/c1-3-11-26(12-4-1)27-19-21-28(22-20-27)34-25-29-23-24-36-38(37(29)32-16-8-7-15-31(32)34)33-17-9-10-18-35(33)39(36)30-13-5-2-6-14-30/h1,3-5,9-14,17-19,21,23-25,27-28,33,35H,2,6-8,15-16,20,22H2. The first-order valence-electron chi connectivity index (χ1n) is 15.2. The van der Waals surface area contributed by atoms with Crippen molar-refractivity contribution in [2.24, 2.45) is 0 Å². The molecule has 1 heterocycles. The van der Waals surface area contributed by atoms with Gasteiger partial charge in [0.25, 0.3) is 0 Å². The zero-order valence-corrected chi connectivity index (χ0v) is 22.7. The molecule has 39 heavy (non-hydrogen) atoms. The maximum atomic E-state index is 2.63. The third-order valence-corrected chi connectivity index (χ3v) is 9.93. The van der Waals surface area contributed by atoms with Crippen LogP contribution in [0.1, 0.15) is 84.1 Å². The Hall–Kier alpha value is -3.58. The van der Waals surface area contributed by atoms with Crippen molar-refractivity contribution < 1.29 is 0 Å². The Bertz CT molecular complexity index is 1580. The van der Waals surface area contributed by atoms with E-state index in [-0.39, 0.29) is 0 Å². The first-order valence-corrected chi connectivity index (χ1v) is 15.2. The van der Waals surface area contributed by atoms with E-state index >= 15 is 0 Å². The van der Waals surface area contributed by atoms with Gasteiger partial charge in [0.05, 0.1) is 6.04 Å². The largest absolute Gasteiger partial charge is 0.334 e. The predicted octanol–water partition coefficient (Wildman–Crippen LogP) is 9.57. The maximum absolute atomic E-state index is 2.63. The van der Waals surface area contributed by atoms with Gasteiger partial charge in [-0.1, -0.05) is 91.1 Å². The van der Waals surface area contributed by atoms with Crippen LogP contribution in [0.3, 0.4) is 0 Å². The average Bonchev–Trinajstić information content (AvgIpc) is 3.36. The van der Waals surface area contributed by atoms with Crippen molar-refractivity contribution in [1.82, 2.24) is 0 Å². The van der Waals surface area contributed by atoms with E-state index in [4.69, 9.17) is 0 Å². The Morgan fingerprint density at radius 1 is 0.744 bits per heavy atom. The summed E-state index contributed by atoms with van der Waals surface area (Å²) in [7, 11) is 0. The number of benzene rings is 3. The van der Waals surface area contributed by atoms with Crippen molar-refractivity contribution in [2.45, 2.75) is 75.2 Å². The first-order chi connectivity index (χ1) is 19.4. The van der Waals surface area contributed by atoms with E-state index in [0.717, 1.165) is 12.8 Å². The highest BCUT2D eigenvalue weighted by atomic mass is 15.2. The Morgan fingerprint density at radius 2 is 1.56 bits per heavy atom. The Kier molecular flexibility index (Phi) is 5.72. The number of aryl methyl sites for hydroxylation is 1. The average molecular weight is 508 g/mol. The normalized spacial score (nSPS) is 26.9. The minimum atomic E-state index is 0.375. The van der Waals surface area contributed by atoms with E-state index in [1.807, 2.05) is 0 Å². The van der Waals surface area contributed by atoms with Crippen LogP contribution >= 0.6 is 0 Å². The van der Waals surface area contributed by atoms with Crippen LogP contribution in [0.15, 0.2) is 109 Å². The molecule has 0 bridgehead atoms. The molecule has 5 aliphatic rings. The SMILES string of the molecule is C1=CC2c3c(ccc4cc(C5C=CC(c6ccccc6)CC5)c5c(c34)CCCC5)N(C3=CCCC=C3)C2C=C1. The molecule has 3 aromatic carbocycles. The molecule has 0 radical (unpaired) electrons. The van der Waals surface area contributed by atoms with Crippen molar-refractivity contribution >= 4 is 16.5 Å². The molecule has 1 heteroatoms. The van der Waals surface area contributed by atoms with Gasteiger partial charge >= 0.3 is 0 Å². The lowest BCUT2D eigenvalue weighted by Gasteiger charge is -2.30. The molecular formula is C38H37N. The van der Waals surface area contributed by atoms with E-state index in [2.05, 4.69) is 108 Å². The Morgan fingerprint density at radius 3 is 2.38 bits per heavy atom. The van der Waals surface area contributed by atoms with E-state index in [9.17, 15) is 0 Å². The molecule has 0 N–H and O–H groups in total. The maximum Gasteiger partial charge on any atom is 0.0629 e. The van der Waals surface area contributed by atoms with Crippen molar-refractivity contribution in [1.29, 1.82) is 0 Å². The number of rotatable bonds is 3. The fourth-order valence-corrected chi connectivity index (χ4v) is 8.13.